The molecule has 11 heavy (non-hydrogen) atoms. The first kappa shape index (κ1) is 8.57. The average Bonchev–Trinajstić information content (AvgIpc) is 2.68. The normalized spacial score (nSPS) is 19.5. The molecule has 0 bridgehead atoms. The van der Waals surface area contributed by atoms with Gasteiger partial charge in [-0.1, -0.05) is 13.8 Å². The first-order valence-electron chi connectivity index (χ1n) is 4.32. The molecule has 0 aromatic carbocycles. The minimum atomic E-state index is -0.0748. The molecule has 0 N–H and O–H groups in total. The highest BCUT2D eigenvalue weighted by Crippen LogP contribution is 2.47. The Morgan fingerprint density at radius 2 is 2.18 bits per heavy atom. The molecule has 64 valence electrons. The van der Waals surface area contributed by atoms with Crippen molar-refractivity contribution in [1.29, 1.82) is 0 Å². The number of hydrogen-bond acceptors (Lipinski definition) is 2. The Hall–Kier alpha value is -0.530. The van der Waals surface area contributed by atoms with Gasteiger partial charge in [-0.15, -0.1) is 0 Å². The number of carbonyl (C=O) groups is 1. The Balaban J connectivity index is 2.00. The van der Waals surface area contributed by atoms with Crippen LogP contribution in [0.15, 0.2) is 0 Å². The van der Waals surface area contributed by atoms with Gasteiger partial charge in [0.2, 0.25) is 0 Å². The summed E-state index contributed by atoms with van der Waals surface area (Å²) < 4.78 is 4.97. The molecule has 0 aliphatic heterocycles. The SMILES string of the molecule is CCC(=O)OCCC1(C)CC1. The van der Waals surface area contributed by atoms with Crippen molar-refractivity contribution >= 4 is 5.97 Å². The molecule has 1 rings (SSSR count). The van der Waals surface area contributed by atoms with Crippen molar-refractivity contribution in [2.75, 3.05) is 6.61 Å². The molecular weight excluding hydrogens is 140 g/mol. The summed E-state index contributed by atoms with van der Waals surface area (Å²) in [5.74, 6) is -0.0748. The molecule has 0 aromatic heterocycles. The molecular formula is C9H16O2. The van der Waals surface area contributed by atoms with Gasteiger partial charge in [0.25, 0.3) is 0 Å². The van der Waals surface area contributed by atoms with E-state index < -0.39 is 0 Å². The monoisotopic (exact) mass is 156 g/mol. The summed E-state index contributed by atoms with van der Waals surface area (Å²) in [5.41, 5.74) is 0.508. The quantitative estimate of drug-likeness (QED) is 0.583. The fourth-order valence-corrected chi connectivity index (χ4v) is 0.977. The largest absolute Gasteiger partial charge is 0.466 e. The maximum absolute atomic E-state index is 10.7. The molecule has 1 saturated carbocycles. The third-order valence-corrected chi connectivity index (χ3v) is 2.36. The number of hydrogen-bond donors (Lipinski definition) is 0. The van der Waals surface area contributed by atoms with Gasteiger partial charge in [0.1, 0.15) is 0 Å². The van der Waals surface area contributed by atoms with Gasteiger partial charge in [-0.25, -0.2) is 0 Å². The second-order valence-electron chi connectivity index (χ2n) is 3.63. The lowest BCUT2D eigenvalue weighted by atomic mass is 10.1. The summed E-state index contributed by atoms with van der Waals surface area (Å²) in [6.45, 7) is 4.68. The van der Waals surface area contributed by atoms with Gasteiger partial charge >= 0.3 is 5.97 Å². The molecule has 0 heterocycles. The van der Waals surface area contributed by atoms with Crippen LogP contribution in [-0.2, 0) is 9.53 Å². The minimum Gasteiger partial charge on any atom is -0.466 e. The van der Waals surface area contributed by atoms with Crippen molar-refractivity contribution in [3.8, 4) is 0 Å². The van der Waals surface area contributed by atoms with Crippen LogP contribution in [0.3, 0.4) is 0 Å². The Bertz CT molecular complexity index is 148. The molecule has 1 fully saturated rings. The topological polar surface area (TPSA) is 26.3 Å². The summed E-state index contributed by atoms with van der Waals surface area (Å²) in [5, 5.41) is 0. The lowest BCUT2D eigenvalue weighted by molar-refractivity contribution is -0.143. The van der Waals surface area contributed by atoms with Crippen LogP contribution in [-0.4, -0.2) is 12.6 Å². The van der Waals surface area contributed by atoms with Crippen LogP contribution in [0.5, 0.6) is 0 Å². The summed E-state index contributed by atoms with van der Waals surface area (Å²) in [6.07, 6.45) is 4.14. The van der Waals surface area contributed by atoms with Crippen LogP contribution in [0.25, 0.3) is 0 Å². The van der Waals surface area contributed by atoms with Crippen LogP contribution in [0, 0.1) is 5.41 Å². The summed E-state index contributed by atoms with van der Waals surface area (Å²) in [6, 6.07) is 0. The highest BCUT2D eigenvalue weighted by atomic mass is 16.5. The Kier molecular flexibility index (Phi) is 2.53. The maximum Gasteiger partial charge on any atom is 0.305 e. The minimum absolute atomic E-state index is 0.0748. The van der Waals surface area contributed by atoms with Crippen LogP contribution in [0.2, 0.25) is 0 Å². The number of carbonyl (C=O) groups excluding carboxylic acids is 1. The van der Waals surface area contributed by atoms with Gasteiger partial charge < -0.3 is 4.74 Å². The van der Waals surface area contributed by atoms with E-state index in [0.717, 1.165) is 6.42 Å². The van der Waals surface area contributed by atoms with E-state index in [9.17, 15) is 4.79 Å². The molecule has 0 atom stereocenters. The van der Waals surface area contributed by atoms with Gasteiger partial charge in [-0.2, -0.15) is 0 Å². The smallest absolute Gasteiger partial charge is 0.305 e. The van der Waals surface area contributed by atoms with Gasteiger partial charge in [-0.3, -0.25) is 4.79 Å². The van der Waals surface area contributed by atoms with Crippen LogP contribution in [0.1, 0.15) is 39.5 Å². The maximum atomic E-state index is 10.7. The van der Waals surface area contributed by atoms with Crippen LogP contribution in [0.4, 0.5) is 0 Å². The van der Waals surface area contributed by atoms with Gasteiger partial charge in [-0.05, 0) is 24.7 Å². The van der Waals surface area contributed by atoms with E-state index in [1.165, 1.54) is 12.8 Å². The molecule has 2 nitrogen and oxygen atoms in total. The third kappa shape index (κ3) is 2.91. The van der Waals surface area contributed by atoms with Crippen molar-refractivity contribution in [1.82, 2.24) is 0 Å². The van der Waals surface area contributed by atoms with Gasteiger partial charge in [0.15, 0.2) is 0 Å². The van der Waals surface area contributed by atoms with E-state index in [2.05, 4.69) is 6.92 Å². The van der Waals surface area contributed by atoms with E-state index in [4.69, 9.17) is 4.74 Å². The zero-order chi connectivity index (χ0) is 8.32. The molecule has 0 unspecified atom stereocenters. The fraction of sp³-hybridized carbons (Fsp3) is 0.889. The van der Waals surface area contributed by atoms with E-state index in [-0.39, 0.29) is 5.97 Å². The highest BCUT2D eigenvalue weighted by molar-refractivity contribution is 5.68. The standard InChI is InChI=1S/C9H16O2/c1-3-8(10)11-7-6-9(2)4-5-9/h3-7H2,1-2H3. The predicted octanol–water partition coefficient (Wildman–Crippen LogP) is 2.13. The van der Waals surface area contributed by atoms with E-state index in [0.29, 0.717) is 18.4 Å². The van der Waals surface area contributed by atoms with Gasteiger partial charge in [0.05, 0.1) is 6.61 Å². The fourth-order valence-electron chi connectivity index (χ4n) is 0.977. The molecule has 0 spiro atoms. The molecule has 1 aliphatic carbocycles. The first-order valence-corrected chi connectivity index (χ1v) is 4.32. The number of ether oxygens (including phenoxy) is 1. The average molecular weight is 156 g/mol. The summed E-state index contributed by atoms with van der Waals surface area (Å²) >= 11 is 0. The van der Waals surface area contributed by atoms with Crippen LogP contribution < -0.4 is 0 Å². The second kappa shape index (κ2) is 3.24. The van der Waals surface area contributed by atoms with Crippen molar-refractivity contribution in [3.63, 3.8) is 0 Å². The van der Waals surface area contributed by atoms with Crippen molar-refractivity contribution in [2.24, 2.45) is 5.41 Å². The van der Waals surface area contributed by atoms with E-state index >= 15 is 0 Å². The van der Waals surface area contributed by atoms with E-state index in [1.807, 2.05) is 6.92 Å². The molecule has 0 amide bonds. The Morgan fingerprint density at radius 3 is 2.64 bits per heavy atom. The molecule has 2 heteroatoms. The van der Waals surface area contributed by atoms with Crippen molar-refractivity contribution in [3.05, 3.63) is 0 Å². The lowest BCUT2D eigenvalue weighted by Gasteiger charge is -2.07. The highest BCUT2D eigenvalue weighted by Gasteiger charge is 2.36. The Morgan fingerprint density at radius 1 is 1.55 bits per heavy atom. The zero-order valence-electron chi connectivity index (χ0n) is 7.35. The zero-order valence-corrected chi connectivity index (χ0v) is 7.35. The molecule has 1 aliphatic rings. The first-order chi connectivity index (χ1) is 5.16. The number of esters is 1. The van der Waals surface area contributed by atoms with E-state index in [1.54, 1.807) is 0 Å². The summed E-state index contributed by atoms with van der Waals surface area (Å²) in [7, 11) is 0. The molecule has 0 saturated heterocycles. The van der Waals surface area contributed by atoms with Gasteiger partial charge in [0, 0.05) is 6.42 Å². The number of rotatable bonds is 4. The lowest BCUT2D eigenvalue weighted by Crippen LogP contribution is -2.07. The predicted molar refractivity (Wildman–Crippen MR) is 43.2 cm³/mol. The van der Waals surface area contributed by atoms with Crippen molar-refractivity contribution < 1.29 is 9.53 Å². The second-order valence-corrected chi connectivity index (χ2v) is 3.63. The van der Waals surface area contributed by atoms with Crippen LogP contribution >= 0.6 is 0 Å². The Labute approximate surface area is 67.9 Å². The molecule has 0 radical (unpaired) electrons. The molecule has 0 aromatic rings. The third-order valence-electron chi connectivity index (χ3n) is 2.36. The summed E-state index contributed by atoms with van der Waals surface area (Å²) in [4.78, 5) is 10.7. The van der Waals surface area contributed by atoms with Crippen molar-refractivity contribution in [2.45, 2.75) is 39.5 Å².